The molecular weight excluding hydrogens is 202 g/mol. The van der Waals surface area contributed by atoms with Gasteiger partial charge in [0.05, 0.1) is 6.10 Å². The van der Waals surface area contributed by atoms with Gasteiger partial charge in [-0.25, -0.2) is 0 Å². The lowest BCUT2D eigenvalue weighted by atomic mass is 9.92. The molecule has 0 aromatic heterocycles. The molecule has 3 heteroatoms. The van der Waals surface area contributed by atoms with Gasteiger partial charge in [-0.05, 0) is 32.6 Å². The summed E-state index contributed by atoms with van der Waals surface area (Å²) in [6, 6.07) is 0.740. The molecule has 0 aromatic carbocycles. The first-order chi connectivity index (χ1) is 7.61. The van der Waals surface area contributed by atoms with Crippen LogP contribution in [0.5, 0.6) is 0 Å². The zero-order chi connectivity index (χ0) is 12.0. The normalized spacial score (nSPS) is 27.7. The fourth-order valence-electron chi connectivity index (χ4n) is 2.58. The number of aliphatic hydroxyl groups is 1. The van der Waals surface area contributed by atoms with Gasteiger partial charge in [-0.3, -0.25) is 4.79 Å². The average Bonchev–Trinajstić information content (AvgIpc) is 2.17. The molecule has 0 radical (unpaired) electrons. The number of Topliss-reactive ketones (excluding diaryl/α,β-unsaturated/α-hetero) is 1. The largest absolute Gasteiger partial charge is 0.393 e. The maximum Gasteiger partial charge on any atom is 0.131 e. The van der Waals surface area contributed by atoms with Crippen LogP contribution in [0.1, 0.15) is 58.8 Å². The Labute approximate surface area is 98.6 Å². The number of hydrogen-bond donors (Lipinski definition) is 2. The van der Waals surface area contributed by atoms with E-state index >= 15 is 0 Å². The molecule has 1 aliphatic heterocycles. The lowest BCUT2D eigenvalue weighted by Gasteiger charge is -2.31. The standard InChI is InChI=1S/C13H25NO2/c1-3-5-13(16)9-12-7-4-6-11(14-12)8-10(2)15/h11-14,16H,3-9H2,1-2H3/t11-,12+,13+/m0/s1. The molecule has 16 heavy (non-hydrogen) atoms. The Morgan fingerprint density at radius 2 is 2.12 bits per heavy atom. The lowest BCUT2D eigenvalue weighted by molar-refractivity contribution is -0.117. The number of rotatable bonds is 6. The van der Waals surface area contributed by atoms with Crippen molar-refractivity contribution in [1.82, 2.24) is 5.32 Å². The molecule has 2 N–H and O–H groups in total. The molecule has 1 saturated heterocycles. The van der Waals surface area contributed by atoms with E-state index in [1.54, 1.807) is 6.92 Å². The smallest absolute Gasteiger partial charge is 0.131 e. The van der Waals surface area contributed by atoms with Gasteiger partial charge in [0, 0.05) is 18.5 Å². The predicted octanol–water partition coefficient (Wildman–Crippen LogP) is 2.03. The second-order valence-electron chi connectivity index (χ2n) is 5.08. The maximum absolute atomic E-state index is 11.1. The van der Waals surface area contributed by atoms with Crippen LogP contribution < -0.4 is 5.32 Å². The van der Waals surface area contributed by atoms with E-state index in [4.69, 9.17) is 0 Å². The maximum atomic E-state index is 11.1. The molecule has 0 aliphatic carbocycles. The summed E-state index contributed by atoms with van der Waals surface area (Å²) >= 11 is 0. The van der Waals surface area contributed by atoms with Crippen molar-refractivity contribution >= 4 is 5.78 Å². The molecule has 1 heterocycles. The minimum absolute atomic E-state index is 0.182. The summed E-state index contributed by atoms with van der Waals surface area (Å²) in [5, 5.41) is 13.3. The van der Waals surface area contributed by atoms with E-state index in [1.165, 1.54) is 6.42 Å². The van der Waals surface area contributed by atoms with Crippen LogP contribution in [-0.4, -0.2) is 29.1 Å². The van der Waals surface area contributed by atoms with Crippen LogP contribution in [0.25, 0.3) is 0 Å². The van der Waals surface area contributed by atoms with Crippen molar-refractivity contribution in [3.05, 3.63) is 0 Å². The van der Waals surface area contributed by atoms with Crippen molar-refractivity contribution < 1.29 is 9.90 Å². The minimum Gasteiger partial charge on any atom is -0.393 e. The van der Waals surface area contributed by atoms with Crippen LogP contribution in [0, 0.1) is 0 Å². The van der Waals surface area contributed by atoms with E-state index in [0.29, 0.717) is 18.5 Å². The quantitative estimate of drug-likeness (QED) is 0.730. The van der Waals surface area contributed by atoms with Crippen molar-refractivity contribution in [3.63, 3.8) is 0 Å². The van der Waals surface area contributed by atoms with E-state index in [1.807, 2.05) is 0 Å². The van der Waals surface area contributed by atoms with Gasteiger partial charge in [0.15, 0.2) is 0 Å². The monoisotopic (exact) mass is 227 g/mol. The van der Waals surface area contributed by atoms with E-state index in [2.05, 4.69) is 12.2 Å². The van der Waals surface area contributed by atoms with Gasteiger partial charge in [0.2, 0.25) is 0 Å². The summed E-state index contributed by atoms with van der Waals surface area (Å²) in [5.41, 5.74) is 0. The third-order valence-electron chi connectivity index (χ3n) is 3.29. The fourth-order valence-corrected chi connectivity index (χ4v) is 2.58. The topological polar surface area (TPSA) is 49.3 Å². The molecule has 94 valence electrons. The number of aliphatic hydroxyl groups excluding tert-OH is 1. The molecule has 0 spiro atoms. The predicted molar refractivity (Wildman–Crippen MR) is 65.4 cm³/mol. The first kappa shape index (κ1) is 13.7. The summed E-state index contributed by atoms with van der Waals surface area (Å²) in [6.07, 6.45) is 6.62. The van der Waals surface area contributed by atoms with E-state index in [-0.39, 0.29) is 11.9 Å². The van der Waals surface area contributed by atoms with E-state index < -0.39 is 0 Å². The lowest BCUT2D eigenvalue weighted by Crippen LogP contribution is -2.44. The second kappa shape index (κ2) is 7.02. The third-order valence-corrected chi connectivity index (χ3v) is 3.29. The van der Waals surface area contributed by atoms with Crippen LogP contribution in [-0.2, 0) is 4.79 Å². The number of hydrogen-bond acceptors (Lipinski definition) is 3. The first-order valence-corrected chi connectivity index (χ1v) is 6.55. The van der Waals surface area contributed by atoms with Crippen molar-refractivity contribution in [2.45, 2.75) is 77.0 Å². The van der Waals surface area contributed by atoms with Crippen molar-refractivity contribution in [2.24, 2.45) is 0 Å². The Morgan fingerprint density at radius 1 is 1.44 bits per heavy atom. The number of carbonyl (C=O) groups excluding carboxylic acids is 1. The Morgan fingerprint density at radius 3 is 2.75 bits per heavy atom. The zero-order valence-electron chi connectivity index (χ0n) is 10.5. The molecule has 3 nitrogen and oxygen atoms in total. The molecule has 1 aliphatic rings. The van der Waals surface area contributed by atoms with Gasteiger partial charge in [-0.2, -0.15) is 0 Å². The van der Waals surface area contributed by atoms with Gasteiger partial charge in [0.1, 0.15) is 5.78 Å². The summed E-state index contributed by atoms with van der Waals surface area (Å²) < 4.78 is 0. The summed E-state index contributed by atoms with van der Waals surface area (Å²) in [4.78, 5) is 11.1. The fraction of sp³-hybridized carbons (Fsp3) is 0.923. The van der Waals surface area contributed by atoms with Crippen molar-refractivity contribution in [2.75, 3.05) is 0 Å². The van der Waals surface area contributed by atoms with Gasteiger partial charge in [-0.1, -0.05) is 19.8 Å². The Bertz CT molecular complexity index is 218. The third kappa shape index (κ3) is 5.08. The van der Waals surface area contributed by atoms with Crippen LogP contribution in [0.2, 0.25) is 0 Å². The molecule has 1 fully saturated rings. The molecule has 1 rings (SSSR count). The van der Waals surface area contributed by atoms with Crippen LogP contribution >= 0.6 is 0 Å². The van der Waals surface area contributed by atoms with Gasteiger partial charge in [0.25, 0.3) is 0 Å². The van der Waals surface area contributed by atoms with Gasteiger partial charge < -0.3 is 10.4 Å². The molecule has 0 unspecified atom stereocenters. The summed E-state index contributed by atoms with van der Waals surface area (Å²) in [7, 11) is 0. The highest BCUT2D eigenvalue weighted by Crippen LogP contribution is 2.19. The molecule has 0 saturated carbocycles. The Hall–Kier alpha value is -0.410. The zero-order valence-corrected chi connectivity index (χ0v) is 10.5. The molecule has 3 atom stereocenters. The molecule has 0 aromatic rings. The van der Waals surface area contributed by atoms with E-state index in [0.717, 1.165) is 32.1 Å². The summed E-state index contributed by atoms with van der Waals surface area (Å²) in [6.45, 7) is 3.74. The van der Waals surface area contributed by atoms with Crippen LogP contribution in [0.4, 0.5) is 0 Å². The van der Waals surface area contributed by atoms with Crippen molar-refractivity contribution in [3.8, 4) is 0 Å². The number of ketones is 1. The van der Waals surface area contributed by atoms with Crippen LogP contribution in [0.15, 0.2) is 0 Å². The average molecular weight is 227 g/mol. The van der Waals surface area contributed by atoms with Gasteiger partial charge in [-0.15, -0.1) is 0 Å². The molecular formula is C13H25NO2. The summed E-state index contributed by atoms with van der Waals surface area (Å²) in [5.74, 6) is 0.257. The number of piperidine rings is 1. The second-order valence-corrected chi connectivity index (χ2v) is 5.08. The van der Waals surface area contributed by atoms with E-state index in [9.17, 15) is 9.90 Å². The molecule has 0 amide bonds. The highest BCUT2D eigenvalue weighted by atomic mass is 16.3. The van der Waals surface area contributed by atoms with Gasteiger partial charge >= 0.3 is 0 Å². The van der Waals surface area contributed by atoms with Crippen molar-refractivity contribution in [1.29, 1.82) is 0 Å². The Balaban J connectivity index is 2.29. The highest BCUT2D eigenvalue weighted by molar-refractivity contribution is 5.76. The number of nitrogens with one attached hydrogen (secondary N) is 1. The Kier molecular flexibility index (Phi) is 5.99. The highest BCUT2D eigenvalue weighted by Gasteiger charge is 2.23. The minimum atomic E-state index is -0.182. The SMILES string of the molecule is CCC[C@@H](O)C[C@H]1CCC[C@@H](CC(C)=O)N1. The van der Waals surface area contributed by atoms with Crippen LogP contribution in [0.3, 0.4) is 0 Å². The number of carbonyl (C=O) groups is 1. The molecule has 0 bridgehead atoms. The first-order valence-electron chi connectivity index (χ1n) is 6.55.